The summed E-state index contributed by atoms with van der Waals surface area (Å²) in [6, 6.07) is 5.78. The van der Waals surface area contributed by atoms with Crippen molar-refractivity contribution in [1.82, 2.24) is 0 Å². The lowest BCUT2D eigenvalue weighted by atomic mass is 10.2. The molecule has 2 aromatic rings. The number of hydrogen-bond donors (Lipinski definition) is 1. The molecule has 2 rings (SSSR count). The smallest absolute Gasteiger partial charge is 0.308 e. The first kappa shape index (κ1) is 16.4. The van der Waals surface area contributed by atoms with Gasteiger partial charge in [0.15, 0.2) is 0 Å². The van der Waals surface area contributed by atoms with E-state index in [1.807, 2.05) is 24.6 Å². The number of amides is 2. The summed E-state index contributed by atoms with van der Waals surface area (Å²) in [5, 5.41) is 6.16. The largest absolute Gasteiger partial charge is 0.416 e. The summed E-state index contributed by atoms with van der Waals surface area (Å²) in [6.07, 6.45) is -4.44. The Balaban J connectivity index is 2.21. The molecule has 7 heteroatoms. The maximum atomic E-state index is 12.7. The first-order valence-electron chi connectivity index (χ1n) is 6.58. The molecule has 0 fully saturated rings. The molecule has 0 saturated heterocycles. The fraction of sp³-hybridized carbons (Fsp3) is 0.267. The minimum absolute atomic E-state index is 0.112. The maximum Gasteiger partial charge on any atom is 0.416 e. The molecule has 0 unspecified atom stereocenters. The van der Waals surface area contributed by atoms with Crippen LogP contribution in [0.25, 0.3) is 0 Å². The molecule has 0 atom stereocenters. The van der Waals surface area contributed by atoms with Crippen molar-refractivity contribution in [3.63, 3.8) is 0 Å². The van der Waals surface area contributed by atoms with E-state index in [4.69, 9.17) is 0 Å². The van der Waals surface area contributed by atoms with Gasteiger partial charge in [-0.1, -0.05) is 6.07 Å². The fourth-order valence-corrected chi connectivity index (χ4v) is 2.63. The van der Waals surface area contributed by atoms with Gasteiger partial charge in [-0.3, -0.25) is 4.90 Å². The second kappa shape index (κ2) is 6.39. The second-order valence-electron chi connectivity index (χ2n) is 4.95. The normalized spacial score (nSPS) is 11.5. The summed E-state index contributed by atoms with van der Waals surface area (Å²) < 4.78 is 38.1. The maximum absolute atomic E-state index is 12.7. The van der Waals surface area contributed by atoms with Crippen molar-refractivity contribution in [1.29, 1.82) is 0 Å². The molecule has 0 aliphatic heterocycles. The lowest BCUT2D eigenvalue weighted by Crippen LogP contribution is -2.40. The van der Waals surface area contributed by atoms with Gasteiger partial charge in [-0.25, -0.2) is 4.79 Å². The Morgan fingerprint density at radius 1 is 1.27 bits per heavy atom. The van der Waals surface area contributed by atoms with Gasteiger partial charge >= 0.3 is 12.2 Å². The van der Waals surface area contributed by atoms with E-state index in [-0.39, 0.29) is 11.7 Å². The molecule has 22 heavy (non-hydrogen) atoms. The number of anilines is 2. The molecule has 1 aromatic heterocycles. The van der Waals surface area contributed by atoms with Crippen LogP contribution in [0.2, 0.25) is 0 Å². The van der Waals surface area contributed by atoms with E-state index in [2.05, 4.69) is 5.32 Å². The van der Waals surface area contributed by atoms with Crippen LogP contribution in [0.5, 0.6) is 0 Å². The molecule has 118 valence electrons. The molecule has 0 bridgehead atoms. The Hall–Kier alpha value is -2.02. The number of urea groups is 1. The van der Waals surface area contributed by atoms with Crippen LogP contribution in [0.3, 0.4) is 0 Å². The number of alkyl halides is 3. The predicted octanol–water partition coefficient (Wildman–Crippen LogP) is 5.21. The minimum atomic E-state index is -4.44. The summed E-state index contributed by atoms with van der Waals surface area (Å²) in [5.41, 5.74) is 0.0297. The monoisotopic (exact) mass is 328 g/mol. The lowest BCUT2D eigenvalue weighted by Gasteiger charge is -2.26. The molecule has 0 spiro atoms. The molecule has 1 heterocycles. The number of rotatable bonds is 3. The third kappa shape index (κ3) is 3.79. The first-order chi connectivity index (χ1) is 10.3. The summed E-state index contributed by atoms with van der Waals surface area (Å²) in [4.78, 5) is 13.8. The molecule has 0 aliphatic rings. The number of nitrogens with zero attached hydrogens (tertiary/aromatic N) is 1. The van der Waals surface area contributed by atoms with Crippen molar-refractivity contribution in [2.24, 2.45) is 0 Å². The Morgan fingerprint density at radius 2 is 2.00 bits per heavy atom. The second-order valence-corrected chi connectivity index (χ2v) is 5.73. The molecular formula is C15H15F3N2OS. The van der Waals surface area contributed by atoms with E-state index in [1.165, 1.54) is 28.4 Å². The number of thiophene rings is 1. The zero-order chi connectivity index (χ0) is 16.3. The highest BCUT2D eigenvalue weighted by Gasteiger charge is 2.30. The molecule has 0 radical (unpaired) electrons. The third-order valence-corrected chi connectivity index (χ3v) is 3.63. The number of benzene rings is 1. The SMILES string of the molecule is CC(C)N(C(=O)Nc1cccc(C(F)(F)F)c1)c1ccsc1. The van der Waals surface area contributed by atoms with Gasteiger partial charge in [0.25, 0.3) is 0 Å². The molecule has 0 saturated carbocycles. The zero-order valence-corrected chi connectivity index (χ0v) is 12.8. The summed E-state index contributed by atoms with van der Waals surface area (Å²) in [5.74, 6) is 0. The van der Waals surface area contributed by atoms with Gasteiger partial charge in [0, 0.05) is 17.1 Å². The van der Waals surface area contributed by atoms with E-state index in [0.29, 0.717) is 5.69 Å². The van der Waals surface area contributed by atoms with Gasteiger partial charge in [0.05, 0.1) is 11.3 Å². The van der Waals surface area contributed by atoms with Crippen LogP contribution < -0.4 is 10.2 Å². The fourth-order valence-electron chi connectivity index (χ4n) is 2.00. The van der Waals surface area contributed by atoms with Crippen LogP contribution in [-0.2, 0) is 6.18 Å². The first-order valence-corrected chi connectivity index (χ1v) is 7.53. The number of nitrogens with one attached hydrogen (secondary N) is 1. The molecule has 3 nitrogen and oxygen atoms in total. The van der Waals surface area contributed by atoms with Gasteiger partial charge in [-0.05, 0) is 43.5 Å². The van der Waals surface area contributed by atoms with E-state index in [1.54, 1.807) is 6.07 Å². The lowest BCUT2D eigenvalue weighted by molar-refractivity contribution is -0.137. The van der Waals surface area contributed by atoms with Crippen molar-refractivity contribution in [2.45, 2.75) is 26.1 Å². The highest BCUT2D eigenvalue weighted by molar-refractivity contribution is 7.08. The number of carbonyl (C=O) groups is 1. The van der Waals surface area contributed by atoms with Crippen LogP contribution in [0.1, 0.15) is 19.4 Å². The average Bonchev–Trinajstić information content (AvgIpc) is 2.91. The quantitative estimate of drug-likeness (QED) is 0.824. The van der Waals surface area contributed by atoms with Gasteiger partial charge in [0.1, 0.15) is 0 Å². The topological polar surface area (TPSA) is 32.3 Å². The predicted molar refractivity (Wildman–Crippen MR) is 82.4 cm³/mol. The molecule has 1 N–H and O–H groups in total. The van der Waals surface area contributed by atoms with Crippen LogP contribution in [-0.4, -0.2) is 12.1 Å². The Labute approximate surface area is 130 Å². The highest BCUT2D eigenvalue weighted by atomic mass is 32.1. The molecule has 2 amide bonds. The Morgan fingerprint density at radius 3 is 2.55 bits per heavy atom. The van der Waals surface area contributed by atoms with Gasteiger partial charge in [0.2, 0.25) is 0 Å². The van der Waals surface area contributed by atoms with Crippen molar-refractivity contribution < 1.29 is 18.0 Å². The van der Waals surface area contributed by atoms with Crippen LogP contribution >= 0.6 is 11.3 Å². The van der Waals surface area contributed by atoms with Crippen molar-refractivity contribution in [3.8, 4) is 0 Å². The van der Waals surface area contributed by atoms with Crippen molar-refractivity contribution >= 4 is 28.7 Å². The standard InChI is InChI=1S/C15H15F3N2OS/c1-10(2)20(13-6-7-22-9-13)14(21)19-12-5-3-4-11(8-12)15(16,17)18/h3-10H,1-2H3,(H,19,21). The van der Waals surface area contributed by atoms with Gasteiger partial charge < -0.3 is 5.32 Å². The Kier molecular flexibility index (Phi) is 4.75. The molecule has 1 aromatic carbocycles. The number of carbonyl (C=O) groups excluding carboxylic acids is 1. The minimum Gasteiger partial charge on any atom is -0.308 e. The van der Waals surface area contributed by atoms with Crippen LogP contribution in [0.4, 0.5) is 29.3 Å². The van der Waals surface area contributed by atoms with E-state index in [9.17, 15) is 18.0 Å². The molecule has 0 aliphatic carbocycles. The zero-order valence-electron chi connectivity index (χ0n) is 12.0. The highest BCUT2D eigenvalue weighted by Crippen LogP contribution is 2.31. The van der Waals surface area contributed by atoms with Crippen molar-refractivity contribution in [3.05, 3.63) is 46.7 Å². The van der Waals surface area contributed by atoms with E-state index in [0.717, 1.165) is 12.1 Å². The number of hydrogen-bond acceptors (Lipinski definition) is 2. The van der Waals surface area contributed by atoms with Gasteiger partial charge in [-0.15, -0.1) is 0 Å². The molecular weight excluding hydrogens is 313 g/mol. The Bertz CT molecular complexity index is 638. The van der Waals surface area contributed by atoms with E-state index < -0.39 is 17.8 Å². The van der Waals surface area contributed by atoms with Crippen molar-refractivity contribution in [2.75, 3.05) is 10.2 Å². The summed E-state index contributed by atoms with van der Waals surface area (Å²) >= 11 is 1.44. The van der Waals surface area contributed by atoms with Crippen LogP contribution in [0.15, 0.2) is 41.1 Å². The average molecular weight is 328 g/mol. The number of halogens is 3. The van der Waals surface area contributed by atoms with Crippen LogP contribution in [0, 0.1) is 0 Å². The third-order valence-electron chi connectivity index (χ3n) is 2.96. The summed E-state index contributed by atoms with van der Waals surface area (Å²) in [7, 11) is 0. The summed E-state index contributed by atoms with van der Waals surface area (Å²) in [6.45, 7) is 3.67. The van der Waals surface area contributed by atoms with Gasteiger partial charge in [-0.2, -0.15) is 24.5 Å². The van der Waals surface area contributed by atoms with E-state index >= 15 is 0 Å².